The molecule has 332 valence electrons. The number of nitrogens with two attached hydrogens (primary N) is 2. The maximum Gasteiger partial charge on any atom is 0.248 e. The van der Waals surface area contributed by atoms with Crippen molar-refractivity contribution < 1.29 is 48.9 Å². The Balaban J connectivity index is 2.02. The van der Waals surface area contributed by atoms with Gasteiger partial charge in [-0.3, -0.25) is 33.6 Å². The Kier molecular flexibility index (Phi) is 17.4. The molecule has 7 amide bonds. The molecule has 1 heterocycles. The molecule has 2 aromatic carbocycles. The summed E-state index contributed by atoms with van der Waals surface area (Å²) in [7, 11) is 0. The number of aliphatic hydroxyl groups is 1. The second-order valence-corrected chi connectivity index (χ2v) is 15.6. The summed E-state index contributed by atoms with van der Waals surface area (Å²) in [5.41, 5.74) is 11.8. The molecule has 1 aromatic heterocycles. The monoisotopic (exact) mass is 854 g/mol. The van der Waals surface area contributed by atoms with Crippen LogP contribution in [0.4, 0.5) is 8.78 Å². The van der Waals surface area contributed by atoms with Crippen LogP contribution in [0.5, 0.6) is 0 Å². The zero-order valence-corrected chi connectivity index (χ0v) is 35.2. The summed E-state index contributed by atoms with van der Waals surface area (Å²) in [6.07, 6.45) is 0.622. The van der Waals surface area contributed by atoms with Crippen molar-refractivity contribution in [2.24, 2.45) is 16.9 Å². The predicted molar refractivity (Wildman–Crippen MR) is 222 cm³/mol. The van der Waals surface area contributed by atoms with Gasteiger partial charge in [0.05, 0.1) is 12.5 Å². The van der Waals surface area contributed by atoms with Crippen LogP contribution in [0.2, 0.25) is 1.41 Å². The number of primary amides is 1. The average molecular weight is 855 g/mol. The van der Waals surface area contributed by atoms with E-state index in [2.05, 4.69) is 21.3 Å². The summed E-state index contributed by atoms with van der Waals surface area (Å²) in [4.78, 5) is 91.9. The molecule has 0 saturated carbocycles. The summed E-state index contributed by atoms with van der Waals surface area (Å²) in [5.74, 6) is -7.42. The lowest BCUT2D eigenvalue weighted by Crippen LogP contribution is -2.58. The van der Waals surface area contributed by atoms with Gasteiger partial charge < -0.3 is 52.6 Å². The summed E-state index contributed by atoms with van der Waals surface area (Å²) < 4.78 is 39.2. The number of amides is 7. The van der Waals surface area contributed by atoms with Gasteiger partial charge in [-0.05, 0) is 55.5 Å². The molecule has 0 aliphatic carbocycles. The number of aromatic nitrogens is 1. The number of rotatable bonds is 21. The SMILES string of the molecule is [2H]N(C(C)=O)[C@@H](C)C(=O)N[C@@H](C)C(=O)N[C@@H](CC(N)=O)C(=O)N[C@@H](CCN(C(=O)CO)[C@@H](c1cc(-c2cc(F)ccc2F)cn1Cc1ccccc1)C(C)(C)C)C(=O)NCCN. The van der Waals surface area contributed by atoms with Gasteiger partial charge in [0.15, 0.2) is 1.41 Å². The minimum Gasteiger partial charge on any atom is -0.387 e. The molecule has 0 fully saturated rings. The van der Waals surface area contributed by atoms with E-state index in [0.717, 1.165) is 30.7 Å². The van der Waals surface area contributed by atoms with Gasteiger partial charge in [-0.2, -0.15) is 0 Å². The minimum absolute atomic E-state index is 0.0159. The van der Waals surface area contributed by atoms with Crippen molar-refractivity contribution in [3.63, 3.8) is 0 Å². The van der Waals surface area contributed by atoms with Gasteiger partial charge in [-0.25, -0.2) is 8.78 Å². The van der Waals surface area contributed by atoms with E-state index in [1.807, 2.05) is 51.1 Å². The predicted octanol–water partition coefficient (Wildman–Crippen LogP) is 0.729. The highest BCUT2D eigenvalue weighted by molar-refractivity contribution is 5.97. The second kappa shape index (κ2) is 22.4. The number of carbonyl (C=O) groups is 7. The number of nitrogens with zero attached hydrogens (tertiary/aromatic N) is 2. The van der Waals surface area contributed by atoms with Gasteiger partial charge in [0.2, 0.25) is 41.4 Å². The first-order valence-electron chi connectivity index (χ1n) is 20.1. The van der Waals surface area contributed by atoms with E-state index in [0.29, 0.717) is 16.6 Å². The lowest BCUT2D eigenvalue weighted by Gasteiger charge is -2.41. The van der Waals surface area contributed by atoms with E-state index in [-0.39, 0.29) is 38.2 Å². The molecule has 0 bridgehead atoms. The highest BCUT2D eigenvalue weighted by atomic mass is 19.1. The van der Waals surface area contributed by atoms with E-state index in [1.165, 1.54) is 18.7 Å². The van der Waals surface area contributed by atoms with E-state index < -0.39 is 102 Å². The third-order valence-electron chi connectivity index (χ3n) is 9.51. The number of nitrogens with one attached hydrogen (secondary N) is 5. The van der Waals surface area contributed by atoms with Gasteiger partial charge in [-0.15, -0.1) is 0 Å². The maximum atomic E-state index is 15.2. The molecule has 3 aromatic rings. The molecular formula is C42H57F2N9O8. The van der Waals surface area contributed by atoms with Crippen molar-refractivity contribution in [1.29, 1.82) is 0 Å². The molecule has 17 nitrogen and oxygen atoms in total. The Bertz CT molecular complexity index is 2080. The number of carbonyl (C=O) groups excluding carboxylic acids is 7. The molecule has 0 radical (unpaired) electrons. The molecule has 0 unspecified atom stereocenters. The Morgan fingerprint density at radius 3 is 2.11 bits per heavy atom. The van der Waals surface area contributed by atoms with Crippen LogP contribution in [0.15, 0.2) is 60.8 Å². The number of hydrogen-bond acceptors (Lipinski definition) is 9. The van der Waals surface area contributed by atoms with Crippen LogP contribution >= 0.6 is 0 Å². The van der Waals surface area contributed by atoms with Crippen molar-refractivity contribution >= 4 is 41.4 Å². The summed E-state index contributed by atoms with van der Waals surface area (Å²) in [6.45, 7) is 8.12. The highest BCUT2D eigenvalue weighted by Crippen LogP contribution is 2.41. The molecule has 0 aliphatic heterocycles. The second-order valence-electron chi connectivity index (χ2n) is 15.6. The lowest BCUT2D eigenvalue weighted by molar-refractivity contribution is -0.140. The van der Waals surface area contributed by atoms with Crippen molar-refractivity contribution in [3.05, 3.63) is 83.7 Å². The first-order chi connectivity index (χ1) is 29.1. The standard InChI is InChI=1S/C42H57F2N9O8/c1-24(48-26(3)55)38(58)49-25(2)39(59)51-33(20-35(46)56)41(61)50-32(40(60)47-16-15-45)14-17-53(36(57)23-54)37(42(4,5)6)34-18-28(30-19-29(43)12-13-31(30)44)22-52(34)21-27-10-8-7-9-11-27/h7-13,18-19,22,24-25,32-33,37,54H,14-17,20-21,23,45H2,1-6H3,(H2,46,56)(H,47,60)(H,48,55)(H,49,58)(H,50,61)(H,51,59)/t24-,25-,32-,33-,37-/m0/s1/i/hD. The Morgan fingerprint density at radius 1 is 0.885 bits per heavy atom. The van der Waals surface area contributed by atoms with Gasteiger partial charge >= 0.3 is 0 Å². The molecule has 0 spiro atoms. The number of aliphatic hydroxyl groups excluding tert-OH is 1. The largest absolute Gasteiger partial charge is 0.387 e. The lowest BCUT2D eigenvalue weighted by atomic mass is 9.82. The smallest absolute Gasteiger partial charge is 0.248 e. The molecule has 0 aliphatic rings. The third kappa shape index (κ3) is 14.5. The molecule has 5 atom stereocenters. The normalized spacial score (nSPS) is 14.0. The highest BCUT2D eigenvalue weighted by Gasteiger charge is 2.38. The average Bonchev–Trinajstić information content (AvgIpc) is 3.61. The zero-order valence-electron chi connectivity index (χ0n) is 36.2. The van der Waals surface area contributed by atoms with Crippen LogP contribution in [0, 0.1) is 17.0 Å². The third-order valence-corrected chi connectivity index (χ3v) is 9.51. The minimum atomic E-state index is -1.66. The first kappa shape index (κ1) is 47.5. The number of halogens is 2. The molecule has 0 saturated heterocycles. The summed E-state index contributed by atoms with van der Waals surface area (Å²) in [6, 6.07) is 7.36. The van der Waals surface area contributed by atoms with Crippen LogP contribution in [-0.2, 0) is 40.1 Å². The molecular weight excluding hydrogens is 797 g/mol. The van der Waals surface area contributed by atoms with Crippen LogP contribution in [0.3, 0.4) is 0 Å². The Morgan fingerprint density at radius 2 is 1.52 bits per heavy atom. The number of benzene rings is 2. The maximum absolute atomic E-state index is 15.2. The first-order valence-corrected chi connectivity index (χ1v) is 19.6. The molecule has 61 heavy (non-hydrogen) atoms. The van der Waals surface area contributed by atoms with Crippen molar-refractivity contribution in [2.45, 2.75) is 91.1 Å². The van der Waals surface area contributed by atoms with Crippen molar-refractivity contribution in [3.8, 4) is 11.1 Å². The van der Waals surface area contributed by atoms with Crippen LogP contribution in [0.25, 0.3) is 11.1 Å². The van der Waals surface area contributed by atoms with Crippen molar-refractivity contribution in [2.75, 3.05) is 26.2 Å². The van der Waals surface area contributed by atoms with E-state index in [4.69, 9.17) is 12.9 Å². The van der Waals surface area contributed by atoms with Gasteiger partial charge in [0.1, 0.15) is 42.4 Å². The van der Waals surface area contributed by atoms with E-state index in [1.54, 1.807) is 16.8 Å². The topological polar surface area (TPSA) is 260 Å². The summed E-state index contributed by atoms with van der Waals surface area (Å²) in [5, 5.41) is 20.5. The quantitative estimate of drug-likeness (QED) is 0.0751. The van der Waals surface area contributed by atoms with Gasteiger partial charge in [-0.1, -0.05) is 51.1 Å². The van der Waals surface area contributed by atoms with E-state index in [9.17, 15) is 43.1 Å². The van der Waals surface area contributed by atoms with E-state index >= 15 is 4.39 Å². The Hall–Kier alpha value is -6.21. The Labute approximate surface area is 354 Å². The van der Waals surface area contributed by atoms with Gasteiger partial charge in [0, 0.05) is 56.1 Å². The summed E-state index contributed by atoms with van der Waals surface area (Å²) >= 11 is 0. The fraction of sp³-hybridized carbons (Fsp3) is 0.452. The fourth-order valence-corrected chi connectivity index (χ4v) is 6.67. The fourth-order valence-electron chi connectivity index (χ4n) is 6.67. The molecule has 10 N–H and O–H groups in total. The van der Waals surface area contributed by atoms with Crippen LogP contribution in [-0.4, -0.2) is 106 Å². The molecule has 19 heteroatoms. The van der Waals surface area contributed by atoms with Crippen LogP contribution < -0.4 is 38.0 Å². The number of hydrogen-bond donors (Lipinski definition) is 8. The van der Waals surface area contributed by atoms with Gasteiger partial charge in [0.25, 0.3) is 0 Å². The zero-order chi connectivity index (χ0) is 46.5. The van der Waals surface area contributed by atoms with Crippen molar-refractivity contribution in [1.82, 2.24) is 36.0 Å². The van der Waals surface area contributed by atoms with Crippen LogP contribution in [0.1, 0.15) is 71.7 Å². The molecule has 3 rings (SSSR count).